The van der Waals surface area contributed by atoms with Crippen LogP contribution in [0.4, 0.5) is 0 Å². The molecule has 0 radical (unpaired) electrons. The fraction of sp³-hybridized carbons (Fsp3) is 0.333. The Hall–Kier alpha value is -0.810. The zero-order valence-corrected chi connectivity index (χ0v) is 10.6. The van der Waals surface area contributed by atoms with Crippen LogP contribution >= 0.6 is 22.9 Å². The number of furan rings is 1. The van der Waals surface area contributed by atoms with Gasteiger partial charge < -0.3 is 9.15 Å². The van der Waals surface area contributed by atoms with E-state index in [0.29, 0.717) is 6.04 Å². The summed E-state index contributed by atoms with van der Waals surface area (Å²) in [6.45, 7) is 1.52. The lowest BCUT2D eigenvalue weighted by Gasteiger charge is -2.30. The van der Waals surface area contributed by atoms with Crippen LogP contribution in [0.1, 0.15) is 16.7 Å². The molecule has 1 fully saturated rings. The number of hydrogen-bond donors (Lipinski definition) is 1. The Morgan fingerprint density at radius 1 is 1.35 bits per heavy atom. The van der Waals surface area contributed by atoms with Crippen molar-refractivity contribution in [3.63, 3.8) is 0 Å². The van der Waals surface area contributed by atoms with E-state index >= 15 is 0 Å². The topological polar surface area (TPSA) is 34.4 Å². The molecule has 0 aliphatic carbocycles. The molecule has 1 unspecified atom stereocenters. The average Bonchev–Trinajstić information content (AvgIpc) is 2.88. The minimum atomic E-state index is 0.0661. The van der Waals surface area contributed by atoms with E-state index in [1.807, 2.05) is 24.3 Å². The van der Waals surface area contributed by atoms with Crippen LogP contribution < -0.4 is 5.32 Å². The maximum atomic E-state index is 5.99. The standard InChI is InChI=1S/C12H12ClNO2S/c13-11-4-3-10(17-11)12(9-2-1-5-16-9)14-8-6-15-7-8/h1-5,8,12,14H,6-7H2. The minimum absolute atomic E-state index is 0.0661. The lowest BCUT2D eigenvalue weighted by atomic mass is 10.1. The van der Waals surface area contributed by atoms with E-state index in [-0.39, 0.29) is 6.04 Å². The van der Waals surface area contributed by atoms with Crippen molar-refractivity contribution in [2.45, 2.75) is 12.1 Å². The highest BCUT2D eigenvalue weighted by Crippen LogP contribution is 2.32. The van der Waals surface area contributed by atoms with Gasteiger partial charge in [-0.25, -0.2) is 0 Å². The molecule has 1 N–H and O–H groups in total. The molecular formula is C12H12ClNO2S. The summed E-state index contributed by atoms with van der Waals surface area (Å²) in [5.74, 6) is 0.912. The summed E-state index contributed by atoms with van der Waals surface area (Å²) in [7, 11) is 0. The summed E-state index contributed by atoms with van der Waals surface area (Å²) < 4.78 is 11.5. The first kappa shape index (κ1) is 11.3. The predicted molar refractivity (Wildman–Crippen MR) is 67.6 cm³/mol. The highest BCUT2D eigenvalue weighted by Gasteiger charge is 2.26. The van der Waals surface area contributed by atoms with Crippen LogP contribution in [-0.2, 0) is 4.74 Å². The van der Waals surface area contributed by atoms with Gasteiger partial charge in [0.25, 0.3) is 0 Å². The Morgan fingerprint density at radius 3 is 2.76 bits per heavy atom. The van der Waals surface area contributed by atoms with Crippen molar-refractivity contribution in [1.29, 1.82) is 0 Å². The molecule has 0 aromatic carbocycles. The number of ether oxygens (including phenoxy) is 1. The van der Waals surface area contributed by atoms with Crippen LogP contribution in [0, 0.1) is 0 Å². The zero-order chi connectivity index (χ0) is 11.7. The second kappa shape index (κ2) is 4.82. The Labute approximate surface area is 108 Å². The molecule has 1 aliphatic heterocycles. The van der Waals surface area contributed by atoms with Gasteiger partial charge in [-0.1, -0.05) is 11.6 Å². The summed E-state index contributed by atoms with van der Waals surface area (Å²) in [6.07, 6.45) is 1.69. The summed E-state index contributed by atoms with van der Waals surface area (Å²) in [5, 5.41) is 3.52. The van der Waals surface area contributed by atoms with Crippen molar-refractivity contribution in [3.05, 3.63) is 45.5 Å². The quantitative estimate of drug-likeness (QED) is 0.926. The second-order valence-electron chi connectivity index (χ2n) is 3.99. The number of hydrogen-bond acceptors (Lipinski definition) is 4. The molecular weight excluding hydrogens is 258 g/mol. The van der Waals surface area contributed by atoms with Gasteiger partial charge in [0, 0.05) is 4.88 Å². The van der Waals surface area contributed by atoms with Crippen molar-refractivity contribution in [1.82, 2.24) is 5.32 Å². The van der Waals surface area contributed by atoms with Crippen molar-refractivity contribution < 1.29 is 9.15 Å². The molecule has 17 heavy (non-hydrogen) atoms. The molecule has 1 aliphatic rings. The van der Waals surface area contributed by atoms with Gasteiger partial charge in [-0.2, -0.15) is 0 Å². The average molecular weight is 270 g/mol. The fourth-order valence-corrected chi connectivity index (χ4v) is 2.94. The van der Waals surface area contributed by atoms with Gasteiger partial charge in [-0.15, -0.1) is 11.3 Å². The molecule has 3 heterocycles. The molecule has 1 atom stereocenters. The van der Waals surface area contributed by atoms with Crippen molar-refractivity contribution >= 4 is 22.9 Å². The first-order chi connectivity index (χ1) is 8.33. The van der Waals surface area contributed by atoms with Gasteiger partial charge in [0.05, 0.1) is 29.9 Å². The molecule has 0 amide bonds. The van der Waals surface area contributed by atoms with E-state index in [0.717, 1.165) is 28.2 Å². The summed E-state index contributed by atoms with van der Waals surface area (Å²) in [6, 6.07) is 8.28. The Morgan fingerprint density at radius 2 is 2.24 bits per heavy atom. The van der Waals surface area contributed by atoms with E-state index in [4.69, 9.17) is 20.8 Å². The summed E-state index contributed by atoms with van der Waals surface area (Å²) in [5.41, 5.74) is 0. The Bertz CT molecular complexity index is 478. The van der Waals surface area contributed by atoms with Gasteiger partial charge in [-0.05, 0) is 24.3 Å². The third-order valence-electron chi connectivity index (χ3n) is 2.75. The minimum Gasteiger partial charge on any atom is -0.467 e. The van der Waals surface area contributed by atoms with E-state index in [9.17, 15) is 0 Å². The molecule has 3 rings (SSSR count). The van der Waals surface area contributed by atoms with Gasteiger partial charge in [0.2, 0.25) is 0 Å². The van der Waals surface area contributed by atoms with Crippen molar-refractivity contribution in [3.8, 4) is 0 Å². The van der Waals surface area contributed by atoms with Crippen LogP contribution in [-0.4, -0.2) is 19.3 Å². The molecule has 0 bridgehead atoms. The maximum absolute atomic E-state index is 5.99. The van der Waals surface area contributed by atoms with E-state index in [1.165, 1.54) is 0 Å². The van der Waals surface area contributed by atoms with Gasteiger partial charge in [-0.3, -0.25) is 5.32 Å². The van der Waals surface area contributed by atoms with E-state index < -0.39 is 0 Å². The van der Waals surface area contributed by atoms with Crippen LogP contribution in [0.3, 0.4) is 0 Å². The van der Waals surface area contributed by atoms with Crippen LogP contribution in [0.5, 0.6) is 0 Å². The van der Waals surface area contributed by atoms with Crippen LogP contribution in [0.2, 0.25) is 4.34 Å². The summed E-state index contributed by atoms with van der Waals surface area (Å²) in [4.78, 5) is 1.16. The van der Waals surface area contributed by atoms with Crippen molar-refractivity contribution in [2.75, 3.05) is 13.2 Å². The van der Waals surface area contributed by atoms with E-state index in [1.54, 1.807) is 17.6 Å². The highest BCUT2D eigenvalue weighted by molar-refractivity contribution is 7.16. The molecule has 1 saturated heterocycles. The SMILES string of the molecule is Clc1ccc(C(NC2COC2)c2ccco2)s1. The first-order valence-electron chi connectivity index (χ1n) is 5.45. The lowest BCUT2D eigenvalue weighted by Crippen LogP contribution is -2.47. The van der Waals surface area contributed by atoms with Gasteiger partial charge in [0.15, 0.2) is 0 Å². The highest BCUT2D eigenvalue weighted by atomic mass is 35.5. The molecule has 5 heteroatoms. The molecule has 90 valence electrons. The molecule has 2 aromatic rings. The first-order valence-corrected chi connectivity index (χ1v) is 6.65. The molecule has 2 aromatic heterocycles. The monoisotopic (exact) mass is 269 g/mol. The summed E-state index contributed by atoms with van der Waals surface area (Å²) >= 11 is 7.56. The van der Waals surface area contributed by atoms with Crippen molar-refractivity contribution in [2.24, 2.45) is 0 Å². The largest absolute Gasteiger partial charge is 0.467 e. The zero-order valence-electron chi connectivity index (χ0n) is 9.06. The molecule has 0 spiro atoms. The third kappa shape index (κ3) is 2.40. The van der Waals surface area contributed by atoms with Crippen LogP contribution in [0.25, 0.3) is 0 Å². The van der Waals surface area contributed by atoms with Crippen LogP contribution in [0.15, 0.2) is 34.9 Å². The molecule has 3 nitrogen and oxygen atoms in total. The number of rotatable bonds is 4. The molecule has 0 saturated carbocycles. The Balaban J connectivity index is 1.85. The fourth-order valence-electron chi connectivity index (χ4n) is 1.81. The predicted octanol–water partition coefficient (Wildman–Crippen LogP) is 3.07. The number of nitrogens with one attached hydrogen (secondary N) is 1. The lowest BCUT2D eigenvalue weighted by molar-refractivity contribution is -0.00895. The van der Waals surface area contributed by atoms with Gasteiger partial charge >= 0.3 is 0 Å². The second-order valence-corrected chi connectivity index (χ2v) is 5.74. The third-order valence-corrected chi connectivity index (χ3v) is 4.04. The number of thiophene rings is 1. The smallest absolute Gasteiger partial charge is 0.126 e. The maximum Gasteiger partial charge on any atom is 0.126 e. The van der Waals surface area contributed by atoms with Gasteiger partial charge in [0.1, 0.15) is 11.8 Å². The van der Waals surface area contributed by atoms with E-state index in [2.05, 4.69) is 5.32 Å². The Kier molecular flexibility index (Phi) is 3.20. The number of halogens is 1. The normalized spacial score (nSPS) is 17.9.